The second kappa shape index (κ2) is 7.18. The zero-order valence-corrected chi connectivity index (χ0v) is 13.4. The summed E-state index contributed by atoms with van der Waals surface area (Å²) in [5, 5.41) is 9.50. The van der Waals surface area contributed by atoms with Gasteiger partial charge < -0.3 is 14.5 Å². The molecule has 1 atom stereocenters. The molecule has 0 amide bonds. The van der Waals surface area contributed by atoms with E-state index in [1.807, 2.05) is 24.3 Å². The van der Waals surface area contributed by atoms with E-state index in [4.69, 9.17) is 4.74 Å². The molecular formula is C18H15F2N3O2. The monoisotopic (exact) mass is 343 g/mol. The molecule has 3 rings (SSSR count). The van der Waals surface area contributed by atoms with Crippen molar-refractivity contribution in [3.63, 3.8) is 0 Å². The minimum Gasteiger partial charge on any atom is -0.493 e. The fourth-order valence-corrected chi connectivity index (χ4v) is 2.61. The van der Waals surface area contributed by atoms with Crippen molar-refractivity contribution in [1.82, 2.24) is 9.97 Å². The lowest BCUT2D eigenvalue weighted by atomic mass is 9.99. The van der Waals surface area contributed by atoms with Gasteiger partial charge in [-0.3, -0.25) is 0 Å². The fraction of sp³-hybridized carbons (Fsp3) is 0.222. The molecule has 128 valence electrons. The minimum absolute atomic E-state index is 0.0431. The summed E-state index contributed by atoms with van der Waals surface area (Å²) in [6.45, 7) is -2.93. The zero-order chi connectivity index (χ0) is 17.8. The SMILES string of the molecule is COc1cc(CC(C#N)c2nc3ccccc3[nH]2)ccc1OC(F)F. The maximum Gasteiger partial charge on any atom is 0.387 e. The summed E-state index contributed by atoms with van der Waals surface area (Å²) in [5.41, 5.74) is 2.40. The molecule has 1 heterocycles. The van der Waals surface area contributed by atoms with Crippen LogP contribution in [-0.2, 0) is 6.42 Å². The molecule has 0 saturated heterocycles. The second-order valence-corrected chi connectivity index (χ2v) is 5.39. The van der Waals surface area contributed by atoms with Crippen LogP contribution in [0, 0.1) is 11.3 Å². The molecule has 0 fully saturated rings. The molecular weight excluding hydrogens is 328 g/mol. The summed E-state index contributed by atoms with van der Waals surface area (Å²) >= 11 is 0. The van der Waals surface area contributed by atoms with Crippen molar-refractivity contribution < 1.29 is 18.3 Å². The molecule has 1 aromatic heterocycles. The van der Waals surface area contributed by atoms with E-state index < -0.39 is 12.5 Å². The number of hydrogen-bond donors (Lipinski definition) is 1. The average molecular weight is 343 g/mol. The van der Waals surface area contributed by atoms with Crippen molar-refractivity contribution in [3.05, 3.63) is 53.9 Å². The number of H-pyrrole nitrogens is 1. The number of nitrogens with one attached hydrogen (secondary N) is 1. The first-order valence-corrected chi connectivity index (χ1v) is 7.56. The lowest BCUT2D eigenvalue weighted by molar-refractivity contribution is -0.0512. The Hall–Kier alpha value is -3.14. The highest BCUT2D eigenvalue weighted by Crippen LogP contribution is 2.31. The summed E-state index contributed by atoms with van der Waals surface area (Å²) < 4.78 is 34.3. The summed E-state index contributed by atoms with van der Waals surface area (Å²) in [5.74, 6) is 0.215. The number of nitriles is 1. The Morgan fingerprint density at radius 3 is 2.68 bits per heavy atom. The van der Waals surface area contributed by atoms with Gasteiger partial charge in [0.2, 0.25) is 0 Å². The van der Waals surface area contributed by atoms with Gasteiger partial charge in [0.1, 0.15) is 11.7 Å². The first-order valence-electron chi connectivity index (χ1n) is 7.56. The van der Waals surface area contributed by atoms with E-state index in [-0.39, 0.29) is 11.5 Å². The minimum atomic E-state index is -2.93. The molecule has 0 aliphatic heterocycles. The van der Waals surface area contributed by atoms with Crippen molar-refractivity contribution in [1.29, 1.82) is 5.26 Å². The quantitative estimate of drug-likeness (QED) is 0.734. The summed E-state index contributed by atoms with van der Waals surface area (Å²) in [6, 6.07) is 14.4. The van der Waals surface area contributed by atoms with Gasteiger partial charge in [0.05, 0.1) is 24.2 Å². The highest BCUT2D eigenvalue weighted by atomic mass is 19.3. The van der Waals surface area contributed by atoms with Crippen LogP contribution < -0.4 is 9.47 Å². The molecule has 0 aliphatic carbocycles. The van der Waals surface area contributed by atoms with Gasteiger partial charge in [0.25, 0.3) is 0 Å². The van der Waals surface area contributed by atoms with E-state index in [1.54, 1.807) is 12.1 Å². The number of fused-ring (bicyclic) bond motifs is 1. The van der Waals surface area contributed by atoms with Crippen molar-refractivity contribution in [2.24, 2.45) is 0 Å². The van der Waals surface area contributed by atoms with E-state index in [0.717, 1.165) is 16.6 Å². The van der Waals surface area contributed by atoms with Crippen molar-refractivity contribution in [3.8, 4) is 17.6 Å². The molecule has 0 radical (unpaired) electrons. The molecule has 0 saturated carbocycles. The van der Waals surface area contributed by atoms with Crippen molar-refractivity contribution in [2.45, 2.75) is 19.0 Å². The predicted octanol–water partition coefficient (Wildman–Crippen LogP) is 4.02. The Morgan fingerprint density at radius 1 is 1.20 bits per heavy atom. The van der Waals surface area contributed by atoms with Gasteiger partial charge in [-0.05, 0) is 36.2 Å². The number of nitrogens with zero attached hydrogens (tertiary/aromatic N) is 2. The fourth-order valence-electron chi connectivity index (χ4n) is 2.61. The second-order valence-electron chi connectivity index (χ2n) is 5.39. The third-order valence-electron chi connectivity index (χ3n) is 3.78. The topological polar surface area (TPSA) is 70.9 Å². The third-order valence-corrected chi connectivity index (χ3v) is 3.78. The Morgan fingerprint density at radius 2 is 2.00 bits per heavy atom. The van der Waals surface area contributed by atoms with Gasteiger partial charge in [0.15, 0.2) is 11.5 Å². The number of rotatable bonds is 6. The molecule has 0 aliphatic rings. The number of benzene rings is 2. The Labute approximate surface area is 142 Å². The zero-order valence-electron chi connectivity index (χ0n) is 13.4. The van der Waals surface area contributed by atoms with Crippen LogP contribution in [0.1, 0.15) is 17.3 Å². The maximum absolute atomic E-state index is 12.4. The van der Waals surface area contributed by atoms with E-state index in [2.05, 4.69) is 20.8 Å². The Kier molecular flexibility index (Phi) is 4.80. The number of alkyl halides is 2. The summed E-state index contributed by atoms with van der Waals surface area (Å²) in [6.07, 6.45) is 0.363. The van der Waals surface area contributed by atoms with Gasteiger partial charge in [-0.1, -0.05) is 18.2 Å². The van der Waals surface area contributed by atoms with Crippen LogP contribution in [0.15, 0.2) is 42.5 Å². The third kappa shape index (κ3) is 3.69. The Balaban J connectivity index is 1.85. The van der Waals surface area contributed by atoms with Crippen LogP contribution in [0.4, 0.5) is 8.78 Å². The van der Waals surface area contributed by atoms with E-state index in [9.17, 15) is 14.0 Å². The Bertz CT molecular complexity index is 885. The first-order chi connectivity index (χ1) is 12.1. The number of aromatic nitrogens is 2. The van der Waals surface area contributed by atoms with Gasteiger partial charge in [-0.15, -0.1) is 0 Å². The smallest absolute Gasteiger partial charge is 0.387 e. The number of ether oxygens (including phenoxy) is 2. The standard InChI is InChI=1S/C18H15F2N3O2/c1-24-16-9-11(6-7-15(16)25-18(19)20)8-12(10-21)17-22-13-4-2-3-5-14(13)23-17/h2-7,9,12,18H,8H2,1H3,(H,22,23). The van der Waals surface area contributed by atoms with Crippen LogP contribution in [0.3, 0.4) is 0 Å². The summed E-state index contributed by atoms with van der Waals surface area (Å²) in [7, 11) is 1.37. The number of hydrogen-bond acceptors (Lipinski definition) is 4. The largest absolute Gasteiger partial charge is 0.493 e. The van der Waals surface area contributed by atoms with Crippen LogP contribution in [0.25, 0.3) is 11.0 Å². The molecule has 5 nitrogen and oxygen atoms in total. The van der Waals surface area contributed by atoms with Crippen LogP contribution >= 0.6 is 0 Å². The number of halogens is 2. The highest BCUT2D eigenvalue weighted by Gasteiger charge is 2.18. The lowest BCUT2D eigenvalue weighted by Gasteiger charge is -2.12. The highest BCUT2D eigenvalue weighted by molar-refractivity contribution is 5.74. The molecule has 1 unspecified atom stereocenters. The maximum atomic E-state index is 12.4. The first kappa shape index (κ1) is 16.7. The normalized spacial score (nSPS) is 12.1. The molecule has 7 heteroatoms. The van der Waals surface area contributed by atoms with Crippen molar-refractivity contribution >= 4 is 11.0 Å². The molecule has 0 spiro atoms. The van der Waals surface area contributed by atoms with E-state index >= 15 is 0 Å². The molecule has 0 bridgehead atoms. The molecule has 3 aromatic rings. The van der Waals surface area contributed by atoms with Gasteiger partial charge in [-0.25, -0.2) is 4.98 Å². The number of para-hydroxylation sites is 2. The van der Waals surface area contributed by atoms with Gasteiger partial charge >= 0.3 is 6.61 Å². The number of methoxy groups -OCH3 is 1. The molecule has 1 N–H and O–H groups in total. The molecule has 25 heavy (non-hydrogen) atoms. The molecule has 2 aromatic carbocycles. The van der Waals surface area contributed by atoms with E-state index in [1.165, 1.54) is 13.2 Å². The van der Waals surface area contributed by atoms with Gasteiger partial charge in [-0.2, -0.15) is 14.0 Å². The van der Waals surface area contributed by atoms with Crippen LogP contribution in [-0.4, -0.2) is 23.7 Å². The van der Waals surface area contributed by atoms with Crippen LogP contribution in [0.5, 0.6) is 11.5 Å². The predicted molar refractivity (Wildman–Crippen MR) is 87.8 cm³/mol. The van der Waals surface area contributed by atoms with E-state index in [0.29, 0.717) is 12.2 Å². The van der Waals surface area contributed by atoms with Gasteiger partial charge in [0, 0.05) is 0 Å². The van der Waals surface area contributed by atoms with Crippen LogP contribution in [0.2, 0.25) is 0 Å². The lowest BCUT2D eigenvalue weighted by Crippen LogP contribution is -2.05. The number of imidazole rings is 1. The number of aromatic amines is 1. The average Bonchev–Trinajstić information content (AvgIpc) is 3.04. The van der Waals surface area contributed by atoms with Crippen molar-refractivity contribution in [2.75, 3.05) is 7.11 Å². The summed E-state index contributed by atoms with van der Waals surface area (Å²) in [4.78, 5) is 7.59.